The van der Waals surface area contributed by atoms with Crippen molar-refractivity contribution in [1.29, 1.82) is 0 Å². The van der Waals surface area contributed by atoms with Crippen molar-refractivity contribution < 1.29 is 4.79 Å². The molecule has 1 aliphatic rings. The quantitative estimate of drug-likeness (QED) is 0.895. The van der Waals surface area contributed by atoms with E-state index < -0.39 is 0 Å². The van der Waals surface area contributed by atoms with Gasteiger partial charge in [0.25, 0.3) is 5.91 Å². The van der Waals surface area contributed by atoms with Crippen LogP contribution in [0.4, 0.5) is 5.69 Å². The predicted molar refractivity (Wildman–Crippen MR) is 85.0 cm³/mol. The van der Waals surface area contributed by atoms with Gasteiger partial charge in [-0.1, -0.05) is 33.6 Å². The Hall–Kier alpha value is -1.52. The van der Waals surface area contributed by atoms with E-state index >= 15 is 0 Å². The van der Waals surface area contributed by atoms with Crippen molar-refractivity contribution >= 4 is 11.6 Å². The Kier molecular flexibility index (Phi) is 4.91. The van der Waals surface area contributed by atoms with Crippen LogP contribution in [0.5, 0.6) is 0 Å². The van der Waals surface area contributed by atoms with Crippen LogP contribution in [0.2, 0.25) is 0 Å². The van der Waals surface area contributed by atoms with E-state index in [1.54, 1.807) is 11.7 Å². The van der Waals surface area contributed by atoms with Crippen LogP contribution >= 0.6 is 0 Å². The van der Waals surface area contributed by atoms with E-state index in [1.807, 2.05) is 6.92 Å². The molecule has 1 heterocycles. The second kappa shape index (κ2) is 6.50. The summed E-state index contributed by atoms with van der Waals surface area (Å²) in [7, 11) is 1.78. The van der Waals surface area contributed by atoms with E-state index in [-0.39, 0.29) is 11.9 Å². The van der Waals surface area contributed by atoms with Gasteiger partial charge in [-0.2, -0.15) is 5.10 Å². The number of rotatable bonds is 4. The van der Waals surface area contributed by atoms with Crippen LogP contribution < -0.4 is 11.1 Å². The maximum Gasteiger partial charge on any atom is 0.271 e. The van der Waals surface area contributed by atoms with Crippen LogP contribution in [-0.2, 0) is 13.5 Å². The molecule has 2 atom stereocenters. The molecule has 0 saturated heterocycles. The summed E-state index contributed by atoms with van der Waals surface area (Å²) < 4.78 is 1.61. The summed E-state index contributed by atoms with van der Waals surface area (Å²) in [5.41, 5.74) is 7.89. The fraction of sp³-hybridized carbons (Fsp3) is 0.750. The first kappa shape index (κ1) is 15.9. The molecule has 1 amide bonds. The van der Waals surface area contributed by atoms with Crippen LogP contribution in [0.3, 0.4) is 0 Å². The Balaban J connectivity index is 2.15. The fourth-order valence-corrected chi connectivity index (χ4v) is 3.50. The van der Waals surface area contributed by atoms with Crippen molar-refractivity contribution in [3.05, 3.63) is 11.4 Å². The number of carbonyl (C=O) groups is 1. The lowest BCUT2D eigenvalue weighted by Crippen LogP contribution is -2.44. The molecule has 118 valence electrons. The van der Waals surface area contributed by atoms with Gasteiger partial charge < -0.3 is 11.1 Å². The van der Waals surface area contributed by atoms with E-state index in [0.29, 0.717) is 23.2 Å². The lowest BCUT2D eigenvalue weighted by molar-refractivity contribution is 0.0880. The lowest BCUT2D eigenvalue weighted by Gasteiger charge is -2.34. The van der Waals surface area contributed by atoms with Crippen LogP contribution in [0.15, 0.2) is 0 Å². The molecular formula is C16H28N4O. The Bertz CT molecular complexity index is 507. The third-order valence-corrected chi connectivity index (χ3v) is 4.70. The van der Waals surface area contributed by atoms with Gasteiger partial charge in [-0.25, -0.2) is 0 Å². The summed E-state index contributed by atoms with van der Waals surface area (Å²) in [5, 5.41) is 7.53. The number of nitrogens with zero attached hydrogens (tertiary/aromatic N) is 2. The third-order valence-electron chi connectivity index (χ3n) is 4.70. The van der Waals surface area contributed by atoms with Gasteiger partial charge in [0.05, 0.1) is 11.4 Å². The summed E-state index contributed by atoms with van der Waals surface area (Å²) in [6.07, 6.45) is 5.46. The van der Waals surface area contributed by atoms with Crippen LogP contribution in [0.25, 0.3) is 0 Å². The van der Waals surface area contributed by atoms with Crippen LogP contribution in [0.1, 0.15) is 62.6 Å². The minimum absolute atomic E-state index is 0.0836. The summed E-state index contributed by atoms with van der Waals surface area (Å²) >= 11 is 0. The molecule has 1 saturated carbocycles. The SMILES string of the molecule is CCc1nn(C)c(C(=O)NC2CCCCC2C(C)C)c1N. The van der Waals surface area contributed by atoms with Crippen LogP contribution in [-0.4, -0.2) is 21.7 Å². The number of nitrogen functional groups attached to an aromatic ring is 1. The monoisotopic (exact) mass is 292 g/mol. The third kappa shape index (κ3) is 3.22. The molecule has 21 heavy (non-hydrogen) atoms. The van der Waals surface area contributed by atoms with Crippen molar-refractivity contribution in [2.24, 2.45) is 18.9 Å². The highest BCUT2D eigenvalue weighted by molar-refractivity contribution is 5.98. The molecule has 1 aliphatic carbocycles. The lowest BCUT2D eigenvalue weighted by atomic mass is 9.78. The van der Waals surface area contributed by atoms with Crippen LogP contribution in [0, 0.1) is 11.8 Å². The number of nitrogens with one attached hydrogen (secondary N) is 1. The maximum atomic E-state index is 12.6. The minimum Gasteiger partial charge on any atom is -0.395 e. The molecular weight excluding hydrogens is 264 g/mol. The summed E-state index contributed by atoms with van der Waals surface area (Å²) in [6, 6.07) is 0.255. The zero-order valence-electron chi connectivity index (χ0n) is 13.6. The van der Waals surface area contributed by atoms with Crippen molar-refractivity contribution in [3.8, 4) is 0 Å². The van der Waals surface area contributed by atoms with Gasteiger partial charge in [-0.15, -0.1) is 0 Å². The molecule has 5 nitrogen and oxygen atoms in total. The van der Waals surface area contributed by atoms with Gasteiger partial charge >= 0.3 is 0 Å². The molecule has 2 unspecified atom stereocenters. The zero-order valence-corrected chi connectivity index (χ0v) is 13.6. The Morgan fingerprint density at radius 1 is 1.43 bits per heavy atom. The Morgan fingerprint density at radius 3 is 2.67 bits per heavy atom. The van der Waals surface area contributed by atoms with E-state index in [1.165, 1.54) is 19.3 Å². The summed E-state index contributed by atoms with van der Waals surface area (Å²) in [6.45, 7) is 6.47. The van der Waals surface area contributed by atoms with Crippen molar-refractivity contribution in [2.75, 3.05) is 5.73 Å². The number of amides is 1. The molecule has 1 aromatic heterocycles. The maximum absolute atomic E-state index is 12.6. The topological polar surface area (TPSA) is 72.9 Å². The molecule has 0 bridgehead atoms. The van der Waals surface area contributed by atoms with E-state index in [9.17, 15) is 4.79 Å². The number of hydrogen-bond acceptors (Lipinski definition) is 3. The van der Waals surface area contributed by atoms with Crippen molar-refractivity contribution in [2.45, 2.75) is 58.9 Å². The summed E-state index contributed by atoms with van der Waals surface area (Å²) in [5.74, 6) is 1.06. The van der Waals surface area contributed by atoms with E-state index in [0.717, 1.165) is 18.5 Å². The standard InChI is InChI=1S/C16H28N4O/c1-5-12-14(17)15(20(4)19-12)16(21)18-13-9-7-6-8-11(13)10(2)3/h10-11,13H,5-9,17H2,1-4H3,(H,18,21). The van der Waals surface area contributed by atoms with E-state index in [2.05, 4.69) is 24.3 Å². The number of carbonyl (C=O) groups excluding carboxylic acids is 1. The van der Waals surface area contributed by atoms with Gasteiger partial charge in [-0.05, 0) is 31.1 Å². The van der Waals surface area contributed by atoms with Crippen molar-refractivity contribution in [1.82, 2.24) is 15.1 Å². The zero-order chi connectivity index (χ0) is 15.6. The number of hydrogen-bond donors (Lipinski definition) is 2. The number of anilines is 1. The molecule has 5 heteroatoms. The highest BCUT2D eigenvalue weighted by Gasteiger charge is 2.30. The first-order chi connectivity index (χ1) is 9.95. The molecule has 1 aromatic rings. The minimum atomic E-state index is -0.0836. The molecule has 1 fully saturated rings. The predicted octanol–water partition coefficient (Wildman–Crippen LogP) is 2.51. The molecule has 2 rings (SSSR count). The van der Waals surface area contributed by atoms with E-state index in [4.69, 9.17) is 5.73 Å². The highest BCUT2D eigenvalue weighted by Crippen LogP contribution is 2.30. The first-order valence-corrected chi connectivity index (χ1v) is 8.07. The van der Waals surface area contributed by atoms with Gasteiger partial charge in [0.1, 0.15) is 5.69 Å². The molecule has 3 N–H and O–H groups in total. The molecule has 0 spiro atoms. The number of aromatic nitrogens is 2. The molecule has 0 radical (unpaired) electrons. The Morgan fingerprint density at radius 2 is 2.10 bits per heavy atom. The van der Waals surface area contributed by atoms with Gasteiger partial charge in [-0.3, -0.25) is 9.48 Å². The largest absolute Gasteiger partial charge is 0.395 e. The first-order valence-electron chi connectivity index (χ1n) is 8.07. The van der Waals surface area contributed by atoms with Gasteiger partial charge in [0, 0.05) is 13.1 Å². The normalized spacial score (nSPS) is 22.5. The average Bonchev–Trinajstić information content (AvgIpc) is 2.73. The average molecular weight is 292 g/mol. The second-order valence-electron chi connectivity index (χ2n) is 6.46. The van der Waals surface area contributed by atoms with Gasteiger partial charge in [0.15, 0.2) is 0 Å². The molecule has 0 aliphatic heterocycles. The smallest absolute Gasteiger partial charge is 0.271 e. The highest BCUT2D eigenvalue weighted by atomic mass is 16.2. The second-order valence-corrected chi connectivity index (χ2v) is 6.46. The number of aryl methyl sites for hydroxylation is 2. The summed E-state index contributed by atoms with van der Waals surface area (Å²) in [4.78, 5) is 12.6. The molecule has 0 aromatic carbocycles. The van der Waals surface area contributed by atoms with Crippen molar-refractivity contribution in [3.63, 3.8) is 0 Å². The van der Waals surface area contributed by atoms with Gasteiger partial charge in [0.2, 0.25) is 0 Å². The number of nitrogens with two attached hydrogens (primary N) is 1. The Labute approximate surface area is 127 Å². The fourth-order valence-electron chi connectivity index (χ4n) is 3.50.